The van der Waals surface area contributed by atoms with Crippen LogP contribution in [0.5, 0.6) is 0 Å². The second-order valence-electron chi connectivity index (χ2n) is 10.6. The van der Waals surface area contributed by atoms with E-state index in [1.165, 1.54) is 17.0 Å². The summed E-state index contributed by atoms with van der Waals surface area (Å²) >= 11 is 6.41. The molecule has 1 N–H and O–H groups in total. The van der Waals surface area contributed by atoms with E-state index in [-0.39, 0.29) is 17.3 Å². The summed E-state index contributed by atoms with van der Waals surface area (Å²) in [6.45, 7) is 10.4. The standard InChI is InChI=1S/C30H36ClN3O4S/c1-21-16-17-22(2)27(18-21)34(39(37,38)25-13-8-7-9-14-25)20-28(35)33(19-24-12-10-11-15-26(24)31)23(3)29(36)32-30(4,5)6/h7-18,23H,19-20H2,1-6H3,(H,32,36)/t23-/m1/s1. The van der Waals surface area contributed by atoms with Crippen LogP contribution in [0.15, 0.2) is 77.7 Å². The number of nitrogens with zero attached hydrogens (tertiary/aromatic N) is 2. The van der Waals surface area contributed by atoms with Gasteiger partial charge < -0.3 is 10.2 Å². The summed E-state index contributed by atoms with van der Waals surface area (Å²) in [4.78, 5) is 28.6. The molecule has 3 rings (SSSR count). The Bertz CT molecular complexity index is 1440. The average Bonchev–Trinajstić information content (AvgIpc) is 2.87. The minimum Gasteiger partial charge on any atom is -0.350 e. The Kier molecular flexibility index (Phi) is 9.46. The lowest BCUT2D eigenvalue weighted by molar-refractivity contribution is -0.140. The van der Waals surface area contributed by atoms with Gasteiger partial charge in [0.15, 0.2) is 0 Å². The first kappa shape index (κ1) is 30.2. The molecule has 7 nitrogen and oxygen atoms in total. The molecule has 0 heterocycles. The van der Waals surface area contributed by atoms with Crippen LogP contribution in [-0.2, 0) is 26.2 Å². The zero-order valence-corrected chi connectivity index (χ0v) is 24.8. The van der Waals surface area contributed by atoms with Crippen LogP contribution in [0.25, 0.3) is 0 Å². The minimum atomic E-state index is -4.12. The quantitative estimate of drug-likeness (QED) is 0.369. The van der Waals surface area contributed by atoms with Crippen LogP contribution in [0.1, 0.15) is 44.4 Å². The summed E-state index contributed by atoms with van der Waals surface area (Å²) in [5.41, 5.74) is 2.07. The lowest BCUT2D eigenvalue weighted by Crippen LogP contribution is -2.54. The van der Waals surface area contributed by atoms with Crippen LogP contribution >= 0.6 is 11.6 Å². The van der Waals surface area contributed by atoms with Crippen LogP contribution in [0.2, 0.25) is 5.02 Å². The summed E-state index contributed by atoms with van der Waals surface area (Å²) in [7, 11) is -4.12. The van der Waals surface area contributed by atoms with E-state index in [4.69, 9.17) is 11.6 Å². The molecule has 0 unspecified atom stereocenters. The van der Waals surface area contributed by atoms with Crippen LogP contribution in [-0.4, -0.2) is 43.3 Å². The Morgan fingerprint density at radius 1 is 0.949 bits per heavy atom. The number of rotatable bonds is 9. The maximum Gasteiger partial charge on any atom is 0.264 e. The summed E-state index contributed by atoms with van der Waals surface area (Å²) in [6.07, 6.45) is 0. The molecule has 0 spiro atoms. The van der Waals surface area contributed by atoms with Crippen LogP contribution in [0, 0.1) is 13.8 Å². The number of aryl methyl sites for hydroxylation is 2. The van der Waals surface area contributed by atoms with Crippen molar-refractivity contribution in [3.63, 3.8) is 0 Å². The lowest BCUT2D eigenvalue weighted by Gasteiger charge is -2.34. The van der Waals surface area contributed by atoms with Gasteiger partial charge in [0.2, 0.25) is 11.8 Å². The third-order valence-electron chi connectivity index (χ3n) is 6.21. The molecular formula is C30H36ClN3O4S. The molecule has 0 radical (unpaired) electrons. The highest BCUT2D eigenvalue weighted by molar-refractivity contribution is 7.92. The van der Waals surface area contributed by atoms with Crippen molar-refractivity contribution < 1.29 is 18.0 Å². The zero-order valence-electron chi connectivity index (χ0n) is 23.2. The van der Waals surface area contributed by atoms with Gasteiger partial charge in [-0.1, -0.05) is 60.1 Å². The molecule has 0 aromatic heterocycles. The van der Waals surface area contributed by atoms with E-state index in [1.54, 1.807) is 62.4 Å². The maximum absolute atomic E-state index is 14.0. The number of benzene rings is 3. The van der Waals surface area contributed by atoms with Crippen LogP contribution in [0.4, 0.5) is 5.69 Å². The van der Waals surface area contributed by atoms with Crippen molar-refractivity contribution in [3.8, 4) is 0 Å². The van der Waals surface area contributed by atoms with Gasteiger partial charge in [-0.05, 0) is 82.5 Å². The van der Waals surface area contributed by atoms with Crippen molar-refractivity contribution in [1.82, 2.24) is 10.2 Å². The number of hydrogen-bond donors (Lipinski definition) is 1. The highest BCUT2D eigenvalue weighted by Crippen LogP contribution is 2.29. The molecule has 9 heteroatoms. The SMILES string of the molecule is Cc1ccc(C)c(N(CC(=O)N(Cc2ccccc2Cl)[C@H](C)C(=O)NC(C)(C)C)S(=O)(=O)c2ccccc2)c1. The minimum absolute atomic E-state index is 0.0310. The van der Waals surface area contributed by atoms with Crippen molar-refractivity contribution in [2.45, 2.75) is 64.6 Å². The third kappa shape index (κ3) is 7.61. The molecular weight excluding hydrogens is 534 g/mol. The van der Waals surface area contributed by atoms with Crippen molar-refractivity contribution in [2.75, 3.05) is 10.8 Å². The van der Waals surface area contributed by atoms with Crippen molar-refractivity contribution in [2.24, 2.45) is 0 Å². The van der Waals surface area contributed by atoms with Crippen molar-refractivity contribution in [1.29, 1.82) is 0 Å². The first-order chi connectivity index (χ1) is 18.2. The highest BCUT2D eigenvalue weighted by Gasteiger charge is 2.34. The summed E-state index contributed by atoms with van der Waals surface area (Å²) < 4.78 is 29.0. The van der Waals surface area contributed by atoms with E-state index in [2.05, 4.69) is 5.32 Å². The number of sulfonamides is 1. The van der Waals surface area contributed by atoms with E-state index in [9.17, 15) is 18.0 Å². The first-order valence-corrected chi connectivity index (χ1v) is 14.5. The van der Waals surface area contributed by atoms with Gasteiger partial charge in [0.05, 0.1) is 10.6 Å². The van der Waals surface area contributed by atoms with Gasteiger partial charge in [0, 0.05) is 17.1 Å². The summed E-state index contributed by atoms with van der Waals surface area (Å²) in [6, 6.07) is 19.6. The van der Waals surface area contributed by atoms with Crippen LogP contribution in [0.3, 0.4) is 0 Å². The van der Waals surface area contributed by atoms with Gasteiger partial charge in [0.25, 0.3) is 10.0 Å². The smallest absolute Gasteiger partial charge is 0.264 e. The molecule has 0 aliphatic carbocycles. The fourth-order valence-electron chi connectivity index (χ4n) is 4.09. The number of hydrogen-bond acceptors (Lipinski definition) is 4. The molecule has 1 atom stereocenters. The van der Waals surface area contributed by atoms with Gasteiger partial charge in [-0.3, -0.25) is 13.9 Å². The Morgan fingerprint density at radius 2 is 1.56 bits per heavy atom. The Morgan fingerprint density at radius 3 is 2.18 bits per heavy atom. The fraction of sp³-hybridized carbons (Fsp3) is 0.333. The van der Waals surface area contributed by atoms with Crippen molar-refractivity contribution in [3.05, 3.63) is 94.5 Å². The monoisotopic (exact) mass is 569 g/mol. The number of halogens is 1. The van der Waals surface area contributed by atoms with Gasteiger partial charge in [0.1, 0.15) is 12.6 Å². The van der Waals surface area contributed by atoms with Crippen LogP contribution < -0.4 is 9.62 Å². The predicted molar refractivity (Wildman–Crippen MR) is 156 cm³/mol. The van der Waals surface area contributed by atoms with Gasteiger partial charge in [-0.2, -0.15) is 0 Å². The van der Waals surface area contributed by atoms with Crippen molar-refractivity contribution >= 4 is 39.1 Å². The molecule has 3 aromatic rings. The topological polar surface area (TPSA) is 86.8 Å². The summed E-state index contributed by atoms with van der Waals surface area (Å²) in [5, 5.41) is 3.36. The van der Waals surface area contributed by atoms with Gasteiger partial charge in [-0.25, -0.2) is 8.42 Å². The molecule has 0 aliphatic heterocycles. The lowest BCUT2D eigenvalue weighted by atomic mass is 10.1. The Hall–Kier alpha value is -3.36. The molecule has 0 saturated heterocycles. The van der Waals surface area contributed by atoms with E-state index < -0.39 is 34.1 Å². The third-order valence-corrected chi connectivity index (χ3v) is 8.35. The highest BCUT2D eigenvalue weighted by atomic mass is 35.5. The van der Waals surface area contributed by atoms with Gasteiger partial charge >= 0.3 is 0 Å². The largest absolute Gasteiger partial charge is 0.350 e. The first-order valence-electron chi connectivity index (χ1n) is 12.7. The number of carbonyl (C=O) groups is 2. The maximum atomic E-state index is 14.0. The molecule has 3 aromatic carbocycles. The van der Waals surface area contributed by atoms with E-state index in [1.807, 2.05) is 39.8 Å². The van der Waals surface area contributed by atoms with Gasteiger partial charge in [-0.15, -0.1) is 0 Å². The number of carbonyl (C=O) groups excluding carboxylic acids is 2. The zero-order chi connectivity index (χ0) is 29.0. The number of nitrogens with one attached hydrogen (secondary N) is 1. The fourth-order valence-corrected chi connectivity index (χ4v) is 5.78. The number of anilines is 1. The summed E-state index contributed by atoms with van der Waals surface area (Å²) in [5.74, 6) is -0.890. The number of amides is 2. The predicted octanol–water partition coefficient (Wildman–Crippen LogP) is 5.48. The molecule has 0 fully saturated rings. The van der Waals surface area contributed by atoms with E-state index in [0.717, 1.165) is 9.87 Å². The Labute approximate surface area is 236 Å². The Balaban J connectivity index is 2.08. The van der Waals surface area contributed by atoms with E-state index >= 15 is 0 Å². The molecule has 0 aliphatic rings. The molecule has 39 heavy (non-hydrogen) atoms. The molecule has 208 valence electrons. The second kappa shape index (κ2) is 12.2. The normalized spacial score (nSPS) is 12.5. The molecule has 0 saturated carbocycles. The molecule has 2 amide bonds. The average molecular weight is 570 g/mol. The molecule has 0 bridgehead atoms. The van der Waals surface area contributed by atoms with E-state index in [0.29, 0.717) is 21.8 Å². The second-order valence-corrected chi connectivity index (χ2v) is 12.9.